The van der Waals surface area contributed by atoms with E-state index in [1.165, 1.54) is 0 Å². The SMILES string of the molecule is CCN(Cc1cc(=O)[nH]c2ccccc12)C(=O)Nc1ccc(Cl)cc1. The maximum atomic E-state index is 12.5. The number of pyridine rings is 1. The number of H-pyrrole nitrogens is 1. The molecule has 25 heavy (non-hydrogen) atoms. The number of hydrogen-bond donors (Lipinski definition) is 2. The van der Waals surface area contributed by atoms with Gasteiger partial charge in [-0.3, -0.25) is 4.79 Å². The summed E-state index contributed by atoms with van der Waals surface area (Å²) in [6.45, 7) is 2.76. The second-order valence-corrected chi connectivity index (χ2v) is 6.09. The Morgan fingerprint density at radius 1 is 1.16 bits per heavy atom. The van der Waals surface area contributed by atoms with E-state index >= 15 is 0 Å². The third-order valence-electron chi connectivity index (χ3n) is 3.96. The van der Waals surface area contributed by atoms with Crippen LogP contribution in [0.3, 0.4) is 0 Å². The molecule has 0 saturated carbocycles. The molecule has 0 aliphatic heterocycles. The van der Waals surface area contributed by atoms with Crippen molar-refractivity contribution in [3.05, 3.63) is 75.5 Å². The fourth-order valence-corrected chi connectivity index (χ4v) is 2.80. The summed E-state index contributed by atoms with van der Waals surface area (Å²) in [6.07, 6.45) is 0. The van der Waals surface area contributed by atoms with Gasteiger partial charge in [-0.25, -0.2) is 4.79 Å². The number of nitrogens with one attached hydrogen (secondary N) is 2. The largest absolute Gasteiger partial charge is 0.322 e. The number of carbonyl (C=O) groups excluding carboxylic acids is 1. The van der Waals surface area contributed by atoms with Crippen LogP contribution in [0.25, 0.3) is 10.9 Å². The molecule has 0 aliphatic carbocycles. The van der Waals surface area contributed by atoms with Crippen LogP contribution in [0.1, 0.15) is 12.5 Å². The summed E-state index contributed by atoms with van der Waals surface area (Å²) in [5.74, 6) is 0. The molecule has 1 aromatic heterocycles. The zero-order chi connectivity index (χ0) is 17.8. The van der Waals surface area contributed by atoms with Crippen LogP contribution >= 0.6 is 11.6 Å². The van der Waals surface area contributed by atoms with Gasteiger partial charge < -0.3 is 15.2 Å². The number of para-hydroxylation sites is 1. The lowest BCUT2D eigenvalue weighted by molar-refractivity contribution is 0.212. The van der Waals surface area contributed by atoms with Gasteiger partial charge in [0.15, 0.2) is 0 Å². The van der Waals surface area contributed by atoms with Crippen molar-refractivity contribution in [1.29, 1.82) is 0 Å². The van der Waals surface area contributed by atoms with Crippen LogP contribution in [-0.2, 0) is 6.54 Å². The van der Waals surface area contributed by atoms with Gasteiger partial charge >= 0.3 is 6.03 Å². The van der Waals surface area contributed by atoms with Crippen LogP contribution in [0.4, 0.5) is 10.5 Å². The molecule has 2 aromatic carbocycles. The van der Waals surface area contributed by atoms with E-state index in [2.05, 4.69) is 10.3 Å². The molecule has 0 radical (unpaired) electrons. The van der Waals surface area contributed by atoms with Crippen LogP contribution in [0.5, 0.6) is 0 Å². The molecular weight excluding hydrogens is 338 g/mol. The van der Waals surface area contributed by atoms with Crippen LogP contribution in [0.2, 0.25) is 5.02 Å². The molecule has 1 heterocycles. The van der Waals surface area contributed by atoms with Crippen molar-refractivity contribution in [3.8, 4) is 0 Å². The van der Waals surface area contributed by atoms with Gasteiger partial charge in [-0.15, -0.1) is 0 Å². The molecule has 0 saturated heterocycles. The Labute approximate surface area is 150 Å². The first-order valence-corrected chi connectivity index (χ1v) is 8.37. The predicted octanol–water partition coefficient (Wildman–Crippen LogP) is 4.24. The summed E-state index contributed by atoms with van der Waals surface area (Å²) < 4.78 is 0. The number of aromatic amines is 1. The minimum absolute atomic E-state index is 0.178. The van der Waals surface area contributed by atoms with Crippen molar-refractivity contribution in [1.82, 2.24) is 9.88 Å². The van der Waals surface area contributed by atoms with E-state index in [4.69, 9.17) is 11.6 Å². The van der Waals surface area contributed by atoms with Gasteiger partial charge in [0.2, 0.25) is 5.56 Å². The van der Waals surface area contributed by atoms with Crippen molar-refractivity contribution in [2.45, 2.75) is 13.5 Å². The smallest absolute Gasteiger partial charge is 0.322 e. The third-order valence-corrected chi connectivity index (χ3v) is 4.21. The number of hydrogen-bond acceptors (Lipinski definition) is 2. The maximum absolute atomic E-state index is 12.5. The fraction of sp³-hybridized carbons (Fsp3) is 0.158. The Kier molecular flexibility index (Phi) is 5.05. The molecule has 2 N–H and O–H groups in total. The number of nitrogens with zero attached hydrogens (tertiary/aromatic N) is 1. The zero-order valence-electron chi connectivity index (χ0n) is 13.8. The number of aromatic nitrogens is 1. The van der Waals surface area contributed by atoms with Gasteiger partial charge in [-0.2, -0.15) is 0 Å². The highest BCUT2D eigenvalue weighted by Gasteiger charge is 2.14. The van der Waals surface area contributed by atoms with Gasteiger partial charge in [0.1, 0.15) is 0 Å². The summed E-state index contributed by atoms with van der Waals surface area (Å²) in [5, 5.41) is 4.39. The molecule has 0 aliphatic rings. The van der Waals surface area contributed by atoms with E-state index in [9.17, 15) is 9.59 Å². The zero-order valence-corrected chi connectivity index (χ0v) is 14.5. The van der Waals surface area contributed by atoms with Crippen LogP contribution in [0, 0.1) is 0 Å². The first-order chi connectivity index (χ1) is 12.1. The molecule has 3 aromatic rings. The highest BCUT2D eigenvalue weighted by Crippen LogP contribution is 2.18. The second-order valence-electron chi connectivity index (χ2n) is 5.66. The van der Waals surface area contributed by atoms with Crippen molar-refractivity contribution < 1.29 is 4.79 Å². The molecule has 0 spiro atoms. The molecule has 0 fully saturated rings. The Bertz CT molecular complexity index is 951. The number of carbonyl (C=O) groups is 1. The van der Waals surface area contributed by atoms with E-state index in [1.54, 1.807) is 35.2 Å². The van der Waals surface area contributed by atoms with Crippen molar-refractivity contribution in [2.75, 3.05) is 11.9 Å². The molecule has 5 nitrogen and oxygen atoms in total. The topological polar surface area (TPSA) is 65.2 Å². The van der Waals surface area contributed by atoms with Crippen molar-refractivity contribution >= 4 is 34.2 Å². The Hall–Kier alpha value is -2.79. The summed E-state index contributed by atoms with van der Waals surface area (Å²) in [6, 6.07) is 15.8. The van der Waals surface area contributed by atoms with E-state index in [0.717, 1.165) is 16.5 Å². The summed E-state index contributed by atoms with van der Waals surface area (Å²) >= 11 is 5.86. The molecule has 6 heteroatoms. The van der Waals surface area contributed by atoms with Gasteiger partial charge in [0.25, 0.3) is 0 Å². The monoisotopic (exact) mass is 355 g/mol. The second kappa shape index (κ2) is 7.40. The Balaban J connectivity index is 1.83. The standard InChI is InChI=1S/C19H18ClN3O2/c1-2-23(19(25)21-15-9-7-14(20)8-10-15)12-13-11-18(24)22-17-6-4-3-5-16(13)17/h3-11H,2,12H2,1H3,(H,21,25)(H,22,24). The van der Waals surface area contributed by atoms with Gasteiger partial charge in [0, 0.05) is 40.8 Å². The van der Waals surface area contributed by atoms with E-state index in [-0.39, 0.29) is 11.6 Å². The highest BCUT2D eigenvalue weighted by molar-refractivity contribution is 6.30. The van der Waals surface area contributed by atoms with E-state index in [0.29, 0.717) is 23.8 Å². The first-order valence-electron chi connectivity index (χ1n) is 7.99. The van der Waals surface area contributed by atoms with Crippen molar-refractivity contribution in [2.24, 2.45) is 0 Å². The number of fused-ring (bicyclic) bond motifs is 1. The quantitative estimate of drug-likeness (QED) is 0.735. The molecule has 128 valence electrons. The Morgan fingerprint density at radius 2 is 1.88 bits per heavy atom. The van der Waals surface area contributed by atoms with E-state index in [1.807, 2.05) is 31.2 Å². The number of halogens is 1. The number of urea groups is 1. The summed E-state index contributed by atoms with van der Waals surface area (Å²) in [7, 11) is 0. The van der Waals surface area contributed by atoms with Crippen LogP contribution in [-0.4, -0.2) is 22.5 Å². The minimum atomic E-state index is -0.228. The average molecular weight is 356 g/mol. The number of rotatable bonds is 4. The lowest BCUT2D eigenvalue weighted by atomic mass is 10.1. The minimum Gasteiger partial charge on any atom is -0.322 e. The molecule has 3 rings (SSSR count). The van der Waals surface area contributed by atoms with Gasteiger partial charge in [-0.1, -0.05) is 29.8 Å². The summed E-state index contributed by atoms with van der Waals surface area (Å²) in [5.41, 5.74) is 2.07. The number of benzene rings is 2. The predicted molar refractivity (Wildman–Crippen MR) is 101 cm³/mol. The molecular formula is C19H18ClN3O2. The Morgan fingerprint density at radius 3 is 2.60 bits per heavy atom. The number of amides is 2. The van der Waals surface area contributed by atoms with Crippen LogP contribution < -0.4 is 10.9 Å². The maximum Gasteiger partial charge on any atom is 0.322 e. The van der Waals surface area contributed by atoms with Crippen LogP contribution in [0.15, 0.2) is 59.4 Å². The molecule has 0 unspecified atom stereocenters. The fourth-order valence-electron chi connectivity index (χ4n) is 2.68. The lowest BCUT2D eigenvalue weighted by Gasteiger charge is -2.22. The molecule has 0 atom stereocenters. The molecule has 0 bridgehead atoms. The third kappa shape index (κ3) is 4.00. The van der Waals surface area contributed by atoms with Gasteiger partial charge in [0.05, 0.1) is 0 Å². The normalized spacial score (nSPS) is 10.6. The first kappa shape index (κ1) is 17.0. The molecule has 2 amide bonds. The average Bonchev–Trinajstić information content (AvgIpc) is 2.61. The summed E-state index contributed by atoms with van der Waals surface area (Å²) in [4.78, 5) is 28.9. The van der Waals surface area contributed by atoms with Gasteiger partial charge in [-0.05, 0) is 42.8 Å². The lowest BCUT2D eigenvalue weighted by Crippen LogP contribution is -2.34. The van der Waals surface area contributed by atoms with E-state index < -0.39 is 0 Å². The highest BCUT2D eigenvalue weighted by atomic mass is 35.5. The van der Waals surface area contributed by atoms with Crippen molar-refractivity contribution in [3.63, 3.8) is 0 Å². The number of anilines is 1.